The Hall–Kier alpha value is 0.660. The fourth-order valence-corrected chi connectivity index (χ4v) is 1.34. The maximum absolute atomic E-state index is 10.5. The van der Waals surface area contributed by atoms with Crippen LogP contribution in [0.2, 0.25) is 0 Å². The van der Waals surface area contributed by atoms with E-state index >= 15 is 0 Å². The van der Waals surface area contributed by atoms with Crippen molar-refractivity contribution < 1.29 is 4.55 Å². The van der Waals surface area contributed by atoms with Gasteiger partial charge >= 0.3 is 0 Å². The molecule has 1 unspecified atom stereocenters. The molecule has 0 rings (SSSR count). The van der Waals surface area contributed by atoms with Gasteiger partial charge in [-0.15, -0.1) is 12.6 Å². The fourth-order valence-electron chi connectivity index (χ4n) is 0.149. The van der Waals surface area contributed by atoms with Gasteiger partial charge in [-0.1, -0.05) is 0 Å². The smallest absolute Gasteiger partial charge is 0.148 e. The topological polar surface area (TPSA) is 23.1 Å². The zero-order valence-electron chi connectivity index (χ0n) is 4.55. The highest BCUT2D eigenvalue weighted by Gasteiger charge is 2.05. The largest absolute Gasteiger partial charge is 0.616 e. The molecule has 0 aliphatic heterocycles. The molecule has 0 saturated heterocycles. The lowest BCUT2D eigenvalue weighted by molar-refractivity contribution is 0.591. The summed E-state index contributed by atoms with van der Waals surface area (Å²) in [5, 5.41) is 0.745. The molecule has 0 heterocycles. The van der Waals surface area contributed by atoms with Crippen molar-refractivity contribution in [2.24, 2.45) is 0 Å². The van der Waals surface area contributed by atoms with Crippen LogP contribution < -0.4 is 0 Å². The van der Waals surface area contributed by atoms with Crippen LogP contribution >= 0.6 is 12.6 Å². The van der Waals surface area contributed by atoms with Crippen LogP contribution in [0.5, 0.6) is 0 Å². The van der Waals surface area contributed by atoms with Gasteiger partial charge in [0.05, 0.1) is 0 Å². The van der Waals surface area contributed by atoms with E-state index in [9.17, 15) is 4.55 Å². The highest BCUT2D eigenvalue weighted by atomic mass is 32.2. The van der Waals surface area contributed by atoms with Crippen molar-refractivity contribution in [2.45, 2.75) is 19.1 Å². The average Bonchev–Trinajstić information content (AvgIpc) is 1.65. The van der Waals surface area contributed by atoms with E-state index < -0.39 is 11.2 Å². The van der Waals surface area contributed by atoms with Gasteiger partial charge in [0.2, 0.25) is 0 Å². The first kappa shape index (κ1) is 7.66. The van der Waals surface area contributed by atoms with E-state index in [0.717, 1.165) is 0 Å². The van der Waals surface area contributed by atoms with Crippen molar-refractivity contribution in [3.8, 4) is 0 Å². The third-order valence-corrected chi connectivity index (χ3v) is 2.72. The summed E-state index contributed by atoms with van der Waals surface area (Å²) >= 11 is 3.14. The summed E-state index contributed by atoms with van der Waals surface area (Å²) in [7, 11) is 0. The molecule has 0 aromatic rings. The van der Waals surface area contributed by atoms with Crippen LogP contribution in [0.1, 0.15) is 13.8 Å². The molecular weight excluding hydrogens is 128 g/mol. The molecule has 3 heteroatoms. The molecule has 0 aliphatic carbocycles. The third-order valence-electron chi connectivity index (χ3n) is 0.653. The Labute approximate surface area is 53.1 Å². The van der Waals surface area contributed by atoms with Crippen LogP contribution in [0.3, 0.4) is 0 Å². The van der Waals surface area contributed by atoms with E-state index in [4.69, 9.17) is 0 Å². The van der Waals surface area contributed by atoms with Crippen molar-refractivity contribution in [3.63, 3.8) is 0 Å². The van der Waals surface area contributed by atoms with Crippen LogP contribution in [0.4, 0.5) is 0 Å². The summed E-state index contributed by atoms with van der Waals surface area (Å²) in [4.78, 5) is 0. The van der Waals surface area contributed by atoms with Crippen LogP contribution in [0, 0.1) is 0 Å². The van der Waals surface area contributed by atoms with Gasteiger partial charge in [0.15, 0.2) is 0 Å². The lowest BCUT2D eigenvalue weighted by Crippen LogP contribution is -2.14. The van der Waals surface area contributed by atoms with E-state index in [1.807, 2.05) is 13.8 Å². The summed E-state index contributed by atoms with van der Waals surface area (Å²) in [6.45, 7) is 3.85. The first-order chi connectivity index (χ1) is 3.18. The second-order valence-electron chi connectivity index (χ2n) is 1.56. The molecule has 0 spiro atoms. The Morgan fingerprint density at radius 2 is 2.14 bits per heavy atom. The Kier molecular flexibility index (Phi) is 3.98. The zero-order valence-corrected chi connectivity index (χ0v) is 6.26. The molecule has 0 amide bonds. The zero-order chi connectivity index (χ0) is 5.86. The Balaban J connectivity index is 3.14. The van der Waals surface area contributed by atoms with Gasteiger partial charge in [0, 0.05) is 0 Å². The molecule has 1 nitrogen and oxygen atoms in total. The first-order valence-electron chi connectivity index (χ1n) is 2.16. The van der Waals surface area contributed by atoms with Crippen LogP contribution in [0.25, 0.3) is 0 Å². The molecule has 7 heavy (non-hydrogen) atoms. The van der Waals surface area contributed by atoms with E-state index in [2.05, 4.69) is 12.6 Å². The summed E-state index contributed by atoms with van der Waals surface area (Å²) in [5.74, 6) is 0. The lowest BCUT2D eigenvalue weighted by atomic mass is 10.6. The van der Waals surface area contributed by atoms with Gasteiger partial charge in [-0.2, -0.15) is 0 Å². The van der Waals surface area contributed by atoms with Crippen LogP contribution in [0.15, 0.2) is 0 Å². The molecule has 1 atom stereocenters. The Bertz CT molecular complexity index is 47.0. The maximum atomic E-state index is 10.5. The van der Waals surface area contributed by atoms with E-state index in [-0.39, 0.29) is 5.25 Å². The molecule has 0 radical (unpaired) electrons. The summed E-state index contributed by atoms with van der Waals surface area (Å²) in [6, 6.07) is 0. The second kappa shape index (κ2) is 3.64. The standard InChI is InChI=1S/C4H10OS2/c1-4(2)7(5)3-6/h4,6H,3H2,1-2H3. The van der Waals surface area contributed by atoms with Crippen LogP contribution in [-0.2, 0) is 11.2 Å². The molecule has 0 fully saturated rings. The minimum atomic E-state index is -0.715. The number of hydrogen-bond donors (Lipinski definition) is 1. The molecule has 0 N–H and O–H groups in total. The molecule has 44 valence electrons. The van der Waals surface area contributed by atoms with E-state index in [1.54, 1.807) is 0 Å². The van der Waals surface area contributed by atoms with Crippen molar-refractivity contribution in [1.29, 1.82) is 0 Å². The summed E-state index contributed by atoms with van der Waals surface area (Å²) in [5.41, 5.74) is 0. The quantitative estimate of drug-likeness (QED) is 0.447. The van der Waals surface area contributed by atoms with Gasteiger partial charge in [0.1, 0.15) is 10.3 Å². The fraction of sp³-hybridized carbons (Fsp3) is 1.00. The minimum absolute atomic E-state index is 0.262. The van der Waals surface area contributed by atoms with Gasteiger partial charge in [0.25, 0.3) is 0 Å². The molecular formula is C4H10OS2. The van der Waals surface area contributed by atoms with Crippen molar-refractivity contribution in [1.82, 2.24) is 0 Å². The van der Waals surface area contributed by atoms with Gasteiger partial charge in [-0.25, -0.2) is 0 Å². The van der Waals surface area contributed by atoms with Crippen molar-refractivity contribution >= 4 is 23.8 Å². The van der Waals surface area contributed by atoms with Crippen LogP contribution in [-0.4, -0.2) is 14.9 Å². The molecule has 0 aromatic carbocycles. The summed E-state index contributed by atoms with van der Waals surface area (Å²) < 4.78 is 10.5. The second-order valence-corrected chi connectivity index (χ2v) is 4.30. The predicted molar refractivity (Wildman–Crippen MR) is 37.1 cm³/mol. The molecule has 0 aliphatic rings. The molecule has 0 aromatic heterocycles. The summed E-state index contributed by atoms with van der Waals surface area (Å²) in [6.07, 6.45) is 0. The highest BCUT2D eigenvalue weighted by molar-refractivity contribution is 8.04. The normalized spacial score (nSPS) is 15.0. The SMILES string of the molecule is CC(C)[S+]([O-])CS. The van der Waals surface area contributed by atoms with E-state index in [0.29, 0.717) is 5.08 Å². The predicted octanol–water partition coefficient (Wildman–Crippen LogP) is 1.03. The lowest BCUT2D eigenvalue weighted by Gasteiger charge is -2.09. The first-order valence-corrected chi connectivity index (χ1v) is 4.18. The number of hydrogen-bond acceptors (Lipinski definition) is 2. The van der Waals surface area contributed by atoms with Gasteiger partial charge in [-0.05, 0) is 25.0 Å². The number of thiol groups is 1. The maximum Gasteiger partial charge on any atom is 0.148 e. The minimum Gasteiger partial charge on any atom is -0.616 e. The average molecular weight is 138 g/mol. The van der Waals surface area contributed by atoms with E-state index in [1.165, 1.54) is 0 Å². The Morgan fingerprint density at radius 3 is 2.14 bits per heavy atom. The number of rotatable bonds is 2. The van der Waals surface area contributed by atoms with Crippen molar-refractivity contribution in [3.05, 3.63) is 0 Å². The highest BCUT2D eigenvalue weighted by Crippen LogP contribution is 2.00. The van der Waals surface area contributed by atoms with Crippen molar-refractivity contribution in [2.75, 3.05) is 5.08 Å². The Morgan fingerprint density at radius 1 is 1.71 bits per heavy atom. The molecule has 0 bridgehead atoms. The van der Waals surface area contributed by atoms with Gasteiger partial charge < -0.3 is 4.55 Å². The monoisotopic (exact) mass is 138 g/mol. The van der Waals surface area contributed by atoms with Gasteiger partial charge in [-0.3, -0.25) is 0 Å². The molecule has 0 saturated carbocycles. The third kappa shape index (κ3) is 3.26.